The fraction of sp³-hybridized carbons (Fsp3) is 0.118. The van der Waals surface area contributed by atoms with E-state index in [1.54, 1.807) is 0 Å². The number of rotatable bonds is 3. The molecule has 3 aromatic rings. The van der Waals surface area contributed by atoms with Gasteiger partial charge in [-0.3, -0.25) is 4.98 Å². The first kappa shape index (κ1) is 11.9. The van der Waals surface area contributed by atoms with Crippen LogP contribution in [0.2, 0.25) is 0 Å². The molecule has 0 saturated heterocycles. The van der Waals surface area contributed by atoms with Gasteiger partial charge in [0, 0.05) is 24.0 Å². The SMILES string of the molecule is NCc1ccccc1Cc1ccc2ccccc2n1. The molecule has 0 spiro atoms. The molecule has 2 N–H and O–H groups in total. The third kappa shape index (κ3) is 2.49. The lowest BCUT2D eigenvalue weighted by Crippen LogP contribution is -2.02. The van der Waals surface area contributed by atoms with Crippen molar-refractivity contribution in [1.82, 2.24) is 4.98 Å². The number of para-hydroxylation sites is 1. The topological polar surface area (TPSA) is 38.9 Å². The van der Waals surface area contributed by atoms with Gasteiger partial charge in [0.2, 0.25) is 0 Å². The Balaban J connectivity index is 1.96. The maximum absolute atomic E-state index is 5.77. The number of nitrogens with two attached hydrogens (primary N) is 1. The van der Waals surface area contributed by atoms with Gasteiger partial charge in [0.25, 0.3) is 0 Å². The summed E-state index contributed by atoms with van der Waals surface area (Å²) < 4.78 is 0. The van der Waals surface area contributed by atoms with Crippen LogP contribution >= 0.6 is 0 Å². The number of aromatic nitrogens is 1. The predicted molar refractivity (Wildman–Crippen MR) is 78.9 cm³/mol. The van der Waals surface area contributed by atoms with Crippen LogP contribution in [-0.4, -0.2) is 4.98 Å². The molecule has 2 nitrogen and oxygen atoms in total. The molecule has 0 atom stereocenters. The fourth-order valence-corrected chi connectivity index (χ4v) is 2.33. The number of fused-ring (bicyclic) bond motifs is 1. The van der Waals surface area contributed by atoms with Gasteiger partial charge in [-0.1, -0.05) is 48.5 Å². The maximum Gasteiger partial charge on any atom is 0.0705 e. The Morgan fingerprint density at radius 3 is 2.37 bits per heavy atom. The van der Waals surface area contributed by atoms with Crippen LogP contribution in [0.15, 0.2) is 60.7 Å². The number of nitrogens with zero attached hydrogens (tertiary/aromatic N) is 1. The highest BCUT2D eigenvalue weighted by atomic mass is 14.7. The molecule has 0 aliphatic carbocycles. The molecule has 0 radical (unpaired) electrons. The van der Waals surface area contributed by atoms with Crippen molar-refractivity contribution in [2.45, 2.75) is 13.0 Å². The van der Waals surface area contributed by atoms with Crippen molar-refractivity contribution in [2.75, 3.05) is 0 Å². The molecule has 0 aliphatic rings. The second-order valence-corrected chi connectivity index (χ2v) is 4.64. The minimum absolute atomic E-state index is 0.573. The highest BCUT2D eigenvalue weighted by molar-refractivity contribution is 5.78. The van der Waals surface area contributed by atoms with E-state index in [0.29, 0.717) is 6.54 Å². The summed E-state index contributed by atoms with van der Waals surface area (Å²) in [5.74, 6) is 0. The highest BCUT2D eigenvalue weighted by Crippen LogP contribution is 2.16. The summed E-state index contributed by atoms with van der Waals surface area (Å²) in [5, 5.41) is 1.18. The van der Waals surface area contributed by atoms with Crippen molar-refractivity contribution in [1.29, 1.82) is 0 Å². The molecule has 94 valence electrons. The first-order chi connectivity index (χ1) is 9.36. The minimum Gasteiger partial charge on any atom is -0.326 e. The second kappa shape index (κ2) is 5.21. The average Bonchev–Trinajstić information content (AvgIpc) is 2.48. The zero-order chi connectivity index (χ0) is 13.1. The smallest absolute Gasteiger partial charge is 0.0705 e. The molecule has 0 aliphatic heterocycles. The average molecular weight is 248 g/mol. The molecule has 0 unspecified atom stereocenters. The normalized spacial score (nSPS) is 10.8. The molecular weight excluding hydrogens is 232 g/mol. The van der Waals surface area contributed by atoms with Crippen LogP contribution in [0.1, 0.15) is 16.8 Å². The van der Waals surface area contributed by atoms with E-state index >= 15 is 0 Å². The van der Waals surface area contributed by atoms with Crippen LogP contribution in [0, 0.1) is 0 Å². The van der Waals surface area contributed by atoms with Crippen molar-refractivity contribution < 1.29 is 0 Å². The number of hydrogen-bond donors (Lipinski definition) is 1. The fourth-order valence-electron chi connectivity index (χ4n) is 2.33. The van der Waals surface area contributed by atoms with Crippen molar-refractivity contribution in [3.8, 4) is 0 Å². The van der Waals surface area contributed by atoms with Gasteiger partial charge in [0.15, 0.2) is 0 Å². The zero-order valence-corrected chi connectivity index (χ0v) is 10.7. The van der Waals surface area contributed by atoms with E-state index < -0.39 is 0 Å². The van der Waals surface area contributed by atoms with Crippen molar-refractivity contribution in [3.63, 3.8) is 0 Å². The van der Waals surface area contributed by atoms with E-state index in [1.807, 2.05) is 24.3 Å². The number of hydrogen-bond acceptors (Lipinski definition) is 2. The van der Waals surface area contributed by atoms with Crippen LogP contribution < -0.4 is 5.73 Å². The first-order valence-corrected chi connectivity index (χ1v) is 6.48. The Morgan fingerprint density at radius 2 is 1.53 bits per heavy atom. The van der Waals surface area contributed by atoms with Crippen molar-refractivity contribution in [3.05, 3.63) is 77.5 Å². The molecule has 0 fully saturated rings. The van der Waals surface area contributed by atoms with Crippen LogP contribution in [0.4, 0.5) is 0 Å². The summed E-state index contributed by atoms with van der Waals surface area (Å²) in [6.45, 7) is 0.573. The Morgan fingerprint density at radius 1 is 0.789 bits per heavy atom. The molecular formula is C17H16N2. The van der Waals surface area contributed by atoms with Gasteiger partial charge in [0.05, 0.1) is 5.52 Å². The lowest BCUT2D eigenvalue weighted by Gasteiger charge is -2.07. The van der Waals surface area contributed by atoms with Gasteiger partial charge in [-0.25, -0.2) is 0 Å². The van der Waals surface area contributed by atoms with Crippen molar-refractivity contribution >= 4 is 10.9 Å². The van der Waals surface area contributed by atoms with Gasteiger partial charge in [-0.2, -0.15) is 0 Å². The first-order valence-electron chi connectivity index (χ1n) is 6.48. The predicted octanol–water partition coefficient (Wildman–Crippen LogP) is 3.28. The van der Waals surface area contributed by atoms with Gasteiger partial charge in [0.1, 0.15) is 0 Å². The third-order valence-electron chi connectivity index (χ3n) is 3.37. The summed E-state index contributed by atoms with van der Waals surface area (Å²) in [7, 11) is 0. The van der Waals surface area contributed by atoms with Crippen LogP contribution in [0.5, 0.6) is 0 Å². The molecule has 19 heavy (non-hydrogen) atoms. The van der Waals surface area contributed by atoms with E-state index in [9.17, 15) is 0 Å². The Hall–Kier alpha value is -2.19. The van der Waals surface area contributed by atoms with Crippen LogP contribution in [-0.2, 0) is 13.0 Å². The maximum atomic E-state index is 5.77. The Bertz CT molecular complexity index is 704. The van der Waals surface area contributed by atoms with E-state index in [0.717, 1.165) is 17.6 Å². The van der Waals surface area contributed by atoms with Gasteiger partial charge >= 0.3 is 0 Å². The largest absolute Gasteiger partial charge is 0.326 e. The van der Waals surface area contributed by atoms with Crippen LogP contribution in [0.3, 0.4) is 0 Å². The monoisotopic (exact) mass is 248 g/mol. The second-order valence-electron chi connectivity index (χ2n) is 4.64. The van der Waals surface area contributed by atoms with Gasteiger partial charge < -0.3 is 5.73 Å². The van der Waals surface area contributed by atoms with Crippen LogP contribution in [0.25, 0.3) is 10.9 Å². The van der Waals surface area contributed by atoms with E-state index in [-0.39, 0.29) is 0 Å². The Kier molecular flexibility index (Phi) is 3.25. The molecule has 2 heteroatoms. The highest BCUT2D eigenvalue weighted by Gasteiger charge is 2.03. The van der Waals surface area contributed by atoms with Gasteiger partial charge in [-0.05, 0) is 23.3 Å². The molecule has 1 heterocycles. The number of benzene rings is 2. The minimum atomic E-state index is 0.573. The van der Waals surface area contributed by atoms with Crippen molar-refractivity contribution in [2.24, 2.45) is 5.73 Å². The molecule has 3 rings (SSSR count). The third-order valence-corrected chi connectivity index (χ3v) is 3.37. The van der Waals surface area contributed by atoms with E-state index in [4.69, 9.17) is 10.7 Å². The standard InChI is InChI=1S/C17H16N2/c18-12-15-7-2-1-6-14(15)11-16-10-9-13-5-3-4-8-17(13)19-16/h1-10H,11-12,18H2. The molecule has 0 saturated carbocycles. The summed E-state index contributed by atoms with van der Waals surface area (Å²) >= 11 is 0. The molecule has 0 bridgehead atoms. The molecule has 1 aromatic heterocycles. The molecule has 0 amide bonds. The summed E-state index contributed by atoms with van der Waals surface area (Å²) in [6.07, 6.45) is 0.832. The quantitative estimate of drug-likeness (QED) is 0.772. The summed E-state index contributed by atoms with van der Waals surface area (Å²) in [6, 6.07) is 20.7. The number of pyridine rings is 1. The summed E-state index contributed by atoms with van der Waals surface area (Å²) in [4.78, 5) is 4.71. The summed E-state index contributed by atoms with van der Waals surface area (Å²) in [5.41, 5.74) is 10.4. The Labute approximate surface area is 112 Å². The zero-order valence-electron chi connectivity index (χ0n) is 10.7. The van der Waals surface area contributed by atoms with E-state index in [2.05, 4.69) is 36.4 Å². The lowest BCUT2D eigenvalue weighted by atomic mass is 10.0. The molecule has 2 aromatic carbocycles. The van der Waals surface area contributed by atoms with E-state index in [1.165, 1.54) is 16.5 Å². The lowest BCUT2D eigenvalue weighted by molar-refractivity contribution is 1.00. The van der Waals surface area contributed by atoms with Gasteiger partial charge in [-0.15, -0.1) is 0 Å².